The fourth-order valence-corrected chi connectivity index (χ4v) is 2.29. The third-order valence-electron chi connectivity index (χ3n) is 2.99. The monoisotopic (exact) mass is 300 g/mol. The predicted octanol–water partition coefficient (Wildman–Crippen LogP) is 5.45. The SMILES string of the molecule is Cc1cc(C(Cl)Cc2c(F)cccc2F)ccc1Cl. The van der Waals surface area contributed by atoms with Crippen molar-refractivity contribution in [3.63, 3.8) is 0 Å². The van der Waals surface area contributed by atoms with Crippen molar-refractivity contribution in [2.75, 3.05) is 0 Å². The van der Waals surface area contributed by atoms with Gasteiger partial charge in [-0.25, -0.2) is 8.78 Å². The first-order valence-corrected chi connectivity index (χ1v) is 6.63. The molecule has 0 fully saturated rings. The Balaban J connectivity index is 2.25. The molecule has 1 unspecified atom stereocenters. The van der Waals surface area contributed by atoms with E-state index in [2.05, 4.69) is 0 Å². The zero-order chi connectivity index (χ0) is 14.0. The molecule has 1 atom stereocenters. The Morgan fingerprint density at radius 1 is 1.11 bits per heavy atom. The van der Waals surface area contributed by atoms with Crippen molar-refractivity contribution in [1.29, 1.82) is 0 Å². The van der Waals surface area contributed by atoms with E-state index in [0.29, 0.717) is 5.02 Å². The summed E-state index contributed by atoms with van der Waals surface area (Å²) >= 11 is 12.2. The fraction of sp³-hybridized carbons (Fsp3) is 0.200. The molecule has 2 rings (SSSR count). The second kappa shape index (κ2) is 5.89. The molecule has 2 aromatic rings. The minimum atomic E-state index is -0.573. The predicted molar refractivity (Wildman–Crippen MR) is 74.8 cm³/mol. The van der Waals surface area contributed by atoms with Crippen LogP contribution in [-0.4, -0.2) is 0 Å². The lowest BCUT2D eigenvalue weighted by Gasteiger charge is -2.12. The van der Waals surface area contributed by atoms with E-state index >= 15 is 0 Å². The first-order chi connectivity index (χ1) is 8.99. The molecule has 0 spiro atoms. The molecule has 0 aliphatic heterocycles. The zero-order valence-corrected chi connectivity index (χ0v) is 11.8. The van der Waals surface area contributed by atoms with Crippen LogP contribution in [0.2, 0.25) is 5.02 Å². The third kappa shape index (κ3) is 3.26. The zero-order valence-electron chi connectivity index (χ0n) is 10.3. The van der Waals surface area contributed by atoms with Crippen molar-refractivity contribution < 1.29 is 8.78 Å². The number of hydrogen-bond donors (Lipinski definition) is 0. The summed E-state index contributed by atoms with van der Waals surface area (Å²) in [5, 5.41) is 0.145. The van der Waals surface area contributed by atoms with Crippen LogP contribution in [0.3, 0.4) is 0 Å². The first-order valence-electron chi connectivity index (χ1n) is 5.82. The van der Waals surface area contributed by atoms with Crippen LogP contribution in [0.4, 0.5) is 8.78 Å². The van der Waals surface area contributed by atoms with Gasteiger partial charge < -0.3 is 0 Å². The maximum atomic E-state index is 13.6. The summed E-state index contributed by atoms with van der Waals surface area (Å²) < 4.78 is 27.1. The lowest BCUT2D eigenvalue weighted by atomic mass is 10.0. The Morgan fingerprint density at radius 3 is 2.32 bits per heavy atom. The Hall–Kier alpha value is -1.12. The maximum absolute atomic E-state index is 13.6. The van der Waals surface area contributed by atoms with Crippen LogP contribution in [0.15, 0.2) is 36.4 Å². The summed E-state index contributed by atoms with van der Waals surface area (Å²) in [6.45, 7) is 1.86. The van der Waals surface area contributed by atoms with Gasteiger partial charge in [-0.15, -0.1) is 11.6 Å². The van der Waals surface area contributed by atoms with Crippen molar-refractivity contribution >= 4 is 23.2 Å². The minimum Gasteiger partial charge on any atom is -0.207 e. The molecule has 0 bridgehead atoms. The molecule has 0 aromatic heterocycles. The molecule has 0 saturated heterocycles. The maximum Gasteiger partial charge on any atom is 0.129 e. The van der Waals surface area contributed by atoms with Gasteiger partial charge in [0.25, 0.3) is 0 Å². The smallest absolute Gasteiger partial charge is 0.129 e. The van der Waals surface area contributed by atoms with Crippen molar-refractivity contribution in [3.8, 4) is 0 Å². The van der Waals surface area contributed by atoms with Crippen LogP contribution in [0.1, 0.15) is 22.1 Å². The summed E-state index contributed by atoms with van der Waals surface area (Å²) in [5.41, 5.74) is 1.69. The summed E-state index contributed by atoms with van der Waals surface area (Å²) in [7, 11) is 0. The topological polar surface area (TPSA) is 0 Å². The molecular weight excluding hydrogens is 289 g/mol. The second-order valence-electron chi connectivity index (χ2n) is 4.38. The number of halogens is 4. The normalized spacial score (nSPS) is 12.5. The minimum absolute atomic E-state index is 0.00935. The molecule has 0 amide bonds. The Bertz CT molecular complexity index is 576. The standard InChI is InChI=1S/C15H12Cl2F2/c1-9-7-10(5-6-12(9)16)13(17)8-11-14(18)3-2-4-15(11)19/h2-7,13H,8H2,1H3. The lowest BCUT2D eigenvalue weighted by molar-refractivity contribution is 0.553. The Labute approximate surface area is 121 Å². The molecule has 0 saturated carbocycles. The van der Waals surface area contributed by atoms with E-state index in [1.807, 2.05) is 13.0 Å². The molecule has 0 nitrogen and oxygen atoms in total. The van der Waals surface area contributed by atoms with Gasteiger partial charge in [-0.05, 0) is 42.7 Å². The lowest BCUT2D eigenvalue weighted by Crippen LogP contribution is -2.02. The number of rotatable bonds is 3. The van der Waals surface area contributed by atoms with Crippen molar-refractivity contribution in [2.24, 2.45) is 0 Å². The molecule has 2 aromatic carbocycles. The number of alkyl halides is 1. The molecule has 19 heavy (non-hydrogen) atoms. The Kier molecular flexibility index (Phi) is 4.43. The van der Waals surface area contributed by atoms with Gasteiger partial charge in [-0.3, -0.25) is 0 Å². The van der Waals surface area contributed by atoms with E-state index in [9.17, 15) is 8.78 Å². The van der Waals surface area contributed by atoms with Crippen LogP contribution in [-0.2, 0) is 6.42 Å². The van der Waals surface area contributed by atoms with Crippen LogP contribution in [0.5, 0.6) is 0 Å². The molecule has 4 heteroatoms. The summed E-state index contributed by atoms with van der Waals surface area (Å²) in [6.07, 6.45) is 0.0983. The third-order valence-corrected chi connectivity index (χ3v) is 3.82. The van der Waals surface area contributed by atoms with E-state index in [1.54, 1.807) is 12.1 Å². The van der Waals surface area contributed by atoms with Crippen LogP contribution < -0.4 is 0 Å². The highest BCUT2D eigenvalue weighted by Crippen LogP contribution is 2.29. The average Bonchev–Trinajstić information content (AvgIpc) is 2.37. The van der Waals surface area contributed by atoms with Gasteiger partial charge >= 0.3 is 0 Å². The van der Waals surface area contributed by atoms with E-state index < -0.39 is 17.0 Å². The van der Waals surface area contributed by atoms with Crippen LogP contribution in [0.25, 0.3) is 0 Å². The number of benzene rings is 2. The number of aryl methyl sites for hydroxylation is 1. The van der Waals surface area contributed by atoms with E-state index in [-0.39, 0.29) is 12.0 Å². The molecule has 0 radical (unpaired) electrons. The highest BCUT2D eigenvalue weighted by molar-refractivity contribution is 6.31. The average molecular weight is 301 g/mol. The fourth-order valence-electron chi connectivity index (χ4n) is 1.89. The van der Waals surface area contributed by atoms with Crippen molar-refractivity contribution in [3.05, 3.63) is 69.7 Å². The highest BCUT2D eigenvalue weighted by Gasteiger charge is 2.16. The summed E-state index contributed by atoms with van der Waals surface area (Å²) in [5.74, 6) is -1.15. The Morgan fingerprint density at radius 2 is 1.74 bits per heavy atom. The van der Waals surface area contributed by atoms with Gasteiger partial charge in [-0.1, -0.05) is 29.8 Å². The van der Waals surface area contributed by atoms with Gasteiger partial charge in [-0.2, -0.15) is 0 Å². The van der Waals surface area contributed by atoms with Gasteiger partial charge in [0.05, 0.1) is 5.38 Å². The quantitative estimate of drug-likeness (QED) is 0.661. The van der Waals surface area contributed by atoms with Gasteiger partial charge in [0.15, 0.2) is 0 Å². The summed E-state index contributed by atoms with van der Waals surface area (Å²) in [6, 6.07) is 9.14. The van der Waals surface area contributed by atoms with E-state index in [0.717, 1.165) is 11.1 Å². The first kappa shape index (κ1) is 14.3. The summed E-state index contributed by atoms with van der Waals surface area (Å²) in [4.78, 5) is 0. The van der Waals surface area contributed by atoms with Gasteiger partial charge in [0.2, 0.25) is 0 Å². The second-order valence-corrected chi connectivity index (χ2v) is 5.31. The molecule has 0 aliphatic carbocycles. The van der Waals surface area contributed by atoms with Crippen LogP contribution in [0, 0.1) is 18.6 Å². The largest absolute Gasteiger partial charge is 0.207 e. The highest BCUT2D eigenvalue weighted by atomic mass is 35.5. The van der Waals surface area contributed by atoms with Gasteiger partial charge in [0.1, 0.15) is 11.6 Å². The van der Waals surface area contributed by atoms with E-state index in [1.165, 1.54) is 18.2 Å². The number of hydrogen-bond acceptors (Lipinski definition) is 0. The molecular formula is C15H12Cl2F2. The van der Waals surface area contributed by atoms with E-state index in [4.69, 9.17) is 23.2 Å². The molecule has 0 heterocycles. The van der Waals surface area contributed by atoms with Gasteiger partial charge in [0, 0.05) is 10.6 Å². The van der Waals surface area contributed by atoms with Crippen molar-refractivity contribution in [1.82, 2.24) is 0 Å². The molecule has 0 aliphatic rings. The van der Waals surface area contributed by atoms with Crippen molar-refractivity contribution in [2.45, 2.75) is 18.7 Å². The molecule has 0 N–H and O–H groups in total. The van der Waals surface area contributed by atoms with Crippen LogP contribution >= 0.6 is 23.2 Å². The molecule has 100 valence electrons.